The first-order valence-electron chi connectivity index (χ1n) is 7.32. The van der Waals surface area contributed by atoms with E-state index in [0.717, 1.165) is 0 Å². The van der Waals surface area contributed by atoms with E-state index in [-0.39, 0.29) is 24.4 Å². The molecule has 0 aliphatic rings. The third-order valence-electron chi connectivity index (χ3n) is 3.38. The summed E-state index contributed by atoms with van der Waals surface area (Å²) < 4.78 is 10.7. The monoisotopic (exact) mass is 330 g/mol. The molecule has 0 atom stereocenters. The number of benzene rings is 2. The van der Waals surface area contributed by atoms with E-state index in [2.05, 4.69) is 5.32 Å². The van der Waals surface area contributed by atoms with Crippen molar-refractivity contribution in [3.8, 4) is 11.5 Å². The van der Waals surface area contributed by atoms with Crippen LogP contribution in [0.4, 0.5) is 5.69 Å². The predicted molar refractivity (Wildman–Crippen MR) is 88.7 cm³/mol. The number of hydrogen-bond donors (Lipinski definition) is 1. The van der Waals surface area contributed by atoms with E-state index >= 15 is 0 Å². The average molecular weight is 330 g/mol. The summed E-state index contributed by atoms with van der Waals surface area (Å²) in [6.45, 7) is 2.02. The zero-order valence-corrected chi connectivity index (χ0v) is 13.4. The lowest BCUT2D eigenvalue weighted by atomic mass is 10.1. The maximum atomic E-state index is 12.2. The van der Waals surface area contributed by atoms with E-state index in [1.165, 1.54) is 6.07 Å². The summed E-state index contributed by atoms with van der Waals surface area (Å²) >= 11 is 0. The first-order chi connectivity index (χ1) is 11.5. The Morgan fingerprint density at radius 1 is 1.17 bits per heavy atom. The maximum Gasteiger partial charge on any atom is 0.285 e. The van der Waals surface area contributed by atoms with Crippen molar-refractivity contribution >= 4 is 11.6 Å². The summed E-state index contributed by atoms with van der Waals surface area (Å²) in [6, 6.07) is 11.8. The second-order valence-electron chi connectivity index (χ2n) is 4.98. The number of methoxy groups -OCH3 is 1. The lowest BCUT2D eigenvalue weighted by Crippen LogP contribution is -2.28. The number of nitro benzene ring substituents is 1. The minimum absolute atomic E-state index is 0.0392. The molecule has 0 saturated heterocycles. The molecule has 0 heterocycles. The van der Waals surface area contributed by atoms with Crippen molar-refractivity contribution in [2.75, 3.05) is 20.3 Å². The van der Waals surface area contributed by atoms with Gasteiger partial charge in [-0.25, -0.2) is 0 Å². The number of para-hydroxylation sites is 3. The first-order valence-corrected chi connectivity index (χ1v) is 7.32. The second kappa shape index (κ2) is 7.96. The fraction of sp³-hybridized carbons (Fsp3) is 0.235. The van der Waals surface area contributed by atoms with Crippen LogP contribution in [0.3, 0.4) is 0 Å². The van der Waals surface area contributed by atoms with Crippen LogP contribution in [0.2, 0.25) is 0 Å². The minimum atomic E-state index is -0.546. The molecule has 0 spiro atoms. The summed E-state index contributed by atoms with van der Waals surface area (Å²) in [6.07, 6.45) is 0. The normalized spacial score (nSPS) is 10.1. The van der Waals surface area contributed by atoms with Gasteiger partial charge in [0, 0.05) is 5.56 Å². The number of amides is 1. The van der Waals surface area contributed by atoms with Crippen LogP contribution in [0.5, 0.6) is 11.5 Å². The molecule has 1 amide bonds. The van der Waals surface area contributed by atoms with E-state index < -0.39 is 10.8 Å². The molecule has 0 unspecified atom stereocenters. The van der Waals surface area contributed by atoms with Crippen molar-refractivity contribution in [2.45, 2.75) is 6.92 Å². The summed E-state index contributed by atoms with van der Waals surface area (Å²) in [5.74, 6) is 0.656. The standard InChI is InChI=1S/C17H18N2O5/c1-12-6-5-7-13(16(12)19(21)22)17(20)18-10-11-24-15-9-4-3-8-14(15)23-2/h3-9H,10-11H2,1-2H3,(H,18,20). The predicted octanol–water partition coefficient (Wildman–Crippen LogP) is 2.72. The molecule has 0 aliphatic carbocycles. The number of carbonyl (C=O) groups excluding carboxylic acids is 1. The Balaban J connectivity index is 1.95. The smallest absolute Gasteiger partial charge is 0.285 e. The van der Waals surface area contributed by atoms with E-state index in [0.29, 0.717) is 17.1 Å². The van der Waals surface area contributed by atoms with Crippen molar-refractivity contribution in [1.82, 2.24) is 5.32 Å². The molecule has 0 saturated carbocycles. The summed E-state index contributed by atoms with van der Waals surface area (Å²) in [5.41, 5.74) is 0.302. The van der Waals surface area contributed by atoms with Gasteiger partial charge in [-0.2, -0.15) is 0 Å². The highest BCUT2D eigenvalue weighted by molar-refractivity contribution is 5.98. The SMILES string of the molecule is COc1ccccc1OCCNC(=O)c1cccc(C)c1[N+](=O)[O-]. The Kier molecular flexibility index (Phi) is 5.73. The number of nitrogens with zero attached hydrogens (tertiary/aromatic N) is 1. The molecular weight excluding hydrogens is 312 g/mol. The summed E-state index contributed by atoms with van der Waals surface area (Å²) in [7, 11) is 1.54. The molecule has 2 aromatic rings. The van der Waals surface area contributed by atoms with Gasteiger partial charge in [0.05, 0.1) is 18.6 Å². The molecule has 0 aromatic heterocycles. The van der Waals surface area contributed by atoms with Gasteiger partial charge in [-0.15, -0.1) is 0 Å². The van der Waals surface area contributed by atoms with Crippen LogP contribution < -0.4 is 14.8 Å². The van der Waals surface area contributed by atoms with Gasteiger partial charge in [0.25, 0.3) is 11.6 Å². The van der Waals surface area contributed by atoms with Gasteiger partial charge in [0.1, 0.15) is 12.2 Å². The van der Waals surface area contributed by atoms with Crippen LogP contribution in [0.15, 0.2) is 42.5 Å². The summed E-state index contributed by atoms with van der Waals surface area (Å²) in [5, 5.41) is 13.7. The van der Waals surface area contributed by atoms with Crippen molar-refractivity contribution < 1.29 is 19.2 Å². The fourth-order valence-corrected chi connectivity index (χ4v) is 2.24. The minimum Gasteiger partial charge on any atom is -0.493 e. The van der Waals surface area contributed by atoms with Gasteiger partial charge >= 0.3 is 0 Å². The molecule has 0 fully saturated rings. The van der Waals surface area contributed by atoms with E-state index in [1.54, 1.807) is 38.3 Å². The fourth-order valence-electron chi connectivity index (χ4n) is 2.24. The topological polar surface area (TPSA) is 90.7 Å². The molecule has 7 heteroatoms. The Morgan fingerprint density at radius 3 is 2.54 bits per heavy atom. The third-order valence-corrected chi connectivity index (χ3v) is 3.38. The number of carbonyl (C=O) groups is 1. The number of rotatable bonds is 7. The molecule has 0 radical (unpaired) electrons. The highest BCUT2D eigenvalue weighted by atomic mass is 16.6. The number of aryl methyl sites for hydroxylation is 1. The quantitative estimate of drug-likeness (QED) is 0.479. The van der Waals surface area contributed by atoms with Crippen molar-refractivity contribution in [3.63, 3.8) is 0 Å². The maximum absolute atomic E-state index is 12.2. The summed E-state index contributed by atoms with van der Waals surface area (Å²) in [4.78, 5) is 22.7. The molecule has 0 aliphatic heterocycles. The van der Waals surface area contributed by atoms with Crippen molar-refractivity contribution in [1.29, 1.82) is 0 Å². The van der Waals surface area contributed by atoms with E-state index in [1.807, 2.05) is 12.1 Å². The third kappa shape index (κ3) is 4.01. The number of nitro groups is 1. The Labute approximate surface area is 139 Å². The number of hydrogen-bond acceptors (Lipinski definition) is 5. The molecule has 126 valence electrons. The van der Waals surface area contributed by atoms with Gasteiger partial charge < -0.3 is 14.8 Å². The molecule has 24 heavy (non-hydrogen) atoms. The van der Waals surface area contributed by atoms with Crippen molar-refractivity contribution in [2.24, 2.45) is 0 Å². The Morgan fingerprint density at radius 2 is 1.88 bits per heavy atom. The van der Waals surface area contributed by atoms with Gasteiger partial charge in [-0.1, -0.05) is 24.3 Å². The van der Waals surface area contributed by atoms with Crippen LogP contribution in [0.25, 0.3) is 0 Å². The highest BCUT2D eigenvalue weighted by Crippen LogP contribution is 2.25. The van der Waals surface area contributed by atoms with Crippen LogP contribution in [-0.2, 0) is 0 Å². The number of nitrogens with one attached hydrogen (secondary N) is 1. The van der Waals surface area contributed by atoms with Crippen LogP contribution in [0, 0.1) is 17.0 Å². The molecule has 2 rings (SSSR count). The van der Waals surface area contributed by atoms with Crippen LogP contribution >= 0.6 is 0 Å². The molecule has 7 nitrogen and oxygen atoms in total. The van der Waals surface area contributed by atoms with E-state index in [9.17, 15) is 14.9 Å². The highest BCUT2D eigenvalue weighted by Gasteiger charge is 2.21. The van der Waals surface area contributed by atoms with Gasteiger partial charge in [0.2, 0.25) is 0 Å². The van der Waals surface area contributed by atoms with E-state index in [4.69, 9.17) is 9.47 Å². The average Bonchev–Trinajstić information content (AvgIpc) is 2.58. The van der Waals surface area contributed by atoms with Crippen molar-refractivity contribution in [3.05, 3.63) is 63.7 Å². The van der Waals surface area contributed by atoms with Crippen LogP contribution in [0.1, 0.15) is 15.9 Å². The Hall–Kier alpha value is -3.09. The zero-order valence-electron chi connectivity index (χ0n) is 13.4. The van der Waals surface area contributed by atoms with Gasteiger partial charge in [0.15, 0.2) is 11.5 Å². The van der Waals surface area contributed by atoms with Crippen LogP contribution in [-0.4, -0.2) is 31.1 Å². The molecular formula is C17H18N2O5. The molecule has 0 bridgehead atoms. The Bertz CT molecular complexity index is 746. The lowest BCUT2D eigenvalue weighted by Gasteiger charge is -2.11. The second-order valence-corrected chi connectivity index (χ2v) is 4.98. The molecule has 1 N–H and O–H groups in total. The number of ether oxygens (including phenoxy) is 2. The van der Waals surface area contributed by atoms with Gasteiger partial charge in [-0.3, -0.25) is 14.9 Å². The largest absolute Gasteiger partial charge is 0.493 e. The molecule has 2 aromatic carbocycles. The first kappa shape index (κ1) is 17.3. The van der Waals surface area contributed by atoms with Gasteiger partial charge in [-0.05, 0) is 25.1 Å². The lowest BCUT2D eigenvalue weighted by molar-refractivity contribution is -0.385. The zero-order chi connectivity index (χ0) is 17.5.